The number of hydrogen-bond donors (Lipinski definition) is 1. The molecule has 0 aromatic heterocycles. The molecule has 0 amide bonds. The Morgan fingerprint density at radius 3 is 2.88 bits per heavy atom. The van der Waals surface area contributed by atoms with Crippen molar-refractivity contribution in [3.8, 4) is 0 Å². The molecule has 16 heavy (non-hydrogen) atoms. The summed E-state index contributed by atoms with van der Waals surface area (Å²) in [6, 6.07) is 0. The quantitative estimate of drug-likeness (QED) is 0.792. The third-order valence-electron chi connectivity index (χ3n) is 4.16. The zero-order chi connectivity index (χ0) is 11.6. The molecular weight excluding hydrogens is 202 g/mol. The summed E-state index contributed by atoms with van der Waals surface area (Å²) >= 11 is 0. The van der Waals surface area contributed by atoms with Crippen molar-refractivity contribution in [1.82, 2.24) is 5.32 Å². The van der Waals surface area contributed by atoms with Crippen LogP contribution >= 0.6 is 0 Å². The van der Waals surface area contributed by atoms with Gasteiger partial charge in [0.1, 0.15) is 5.78 Å². The SMILES string of the molecule is CNCC(C)C(=O)C1CCOC2(CCC2)C1. The van der Waals surface area contributed by atoms with Crippen molar-refractivity contribution >= 4 is 5.78 Å². The summed E-state index contributed by atoms with van der Waals surface area (Å²) in [6.07, 6.45) is 5.50. The number of ketones is 1. The molecule has 1 aliphatic carbocycles. The van der Waals surface area contributed by atoms with E-state index < -0.39 is 0 Å². The van der Waals surface area contributed by atoms with Crippen molar-refractivity contribution in [3.63, 3.8) is 0 Å². The fourth-order valence-electron chi connectivity index (χ4n) is 3.00. The molecule has 0 aromatic rings. The van der Waals surface area contributed by atoms with Gasteiger partial charge in [-0.05, 0) is 39.2 Å². The standard InChI is InChI=1S/C13H23NO2/c1-10(9-14-2)12(15)11-4-7-16-13(8-11)5-3-6-13/h10-11,14H,3-9H2,1-2H3. The van der Waals surface area contributed by atoms with Gasteiger partial charge in [0.2, 0.25) is 0 Å². The minimum atomic E-state index is 0.0952. The van der Waals surface area contributed by atoms with E-state index in [-0.39, 0.29) is 17.4 Å². The molecule has 3 heteroatoms. The van der Waals surface area contributed by atoms with Crippen molar-refractivity contribution < 1.29 is 9.53 Å². The van der Waals surface area contributed by atoms with Crippen molar-refractivity contribution in [3.05, 3.63) is 0 Å². The Kier molecular flexibility index (Phi) is 3.65. The summed E-state index contributed by atoms with van der Waals surface area (Å²) in [7, 11) is 1.90. The van der Waals surface area contributed by atoms with Crippen LogP contribution < -0.4 is 5.32 Å². The Bertz CT molecular complexity index is 261. The molecule has 0 aromatic carbocycles. The van der Waals surface area contributed by atoms with Gasteiger partial charge in [-0.3, -0.25) is 4.79 Å². The molecule has 1 saturated carbocycles. The highest BCUT2D eigenvalue weighted by Gasteiger charge is 2.44. The van der Waals surface area contributed by atoms with Gasteiger partial charge in [0, 0.05) is 25.0 Å². The van der Waals surface area contributed by atoms with E-state index in [1.165, 1.54) is 6.42 Å². The predicted octanol–water partition coefficient (Wildman–Crippen LogP) is 1.76. The van der Waals surface area contributed by atoms with Gasteiger partial charge in [-0.15, -0.1) is 0 Å². The smallest absolute Gasteiger partial charge is 0.140 e. The van der Waals surface area contributed by atoms with Crippen molar-refractivity contribution in [2.45, 2.75) is 44.6 Å². The van der Waals surface area contributed by atoms with Gasteiger partial charge in [-0.1, -0.05) is 6.92 Å². The van der Waals surface area contributed by atoms with Crippen LogP contribution in [0.1, 0.15) is 39.0 Å². The van der Waals surface area contributed by atoms with Crippen LogP contribution in [0.3, 0.4) is 0 Å². The van der Waals surface area contributed by atoms with Gasteiger partial charge in [-0.25, -0.2) is 0 Å². The highest BCUT2D eigenvalue weighted by molar-refractivity contribution is 5.83. The van der Waals surface area contributed by atoms with E-state index in [0.717, 1.165) is 38.8 Å². The van der Waals surface area contributed by atoms with Gasteiger partial charge >= 0.3 is 0 Å². The second-order valence-corrected chi connectivity index (χ2v) is 5.44. The zero-order valence-electron chi connectivity index (χ0n) is 10.4. The van der Waals surface area contributed by atoms with E-state index in [0.29, 0.717) is 5.78 Å². The summed E-state index contributed by atoms with van der Waals surface area (Å²) in [5.74, 6) is 0.826. The molecule has 1 spiro atoms. The van der Waals surface area contributed by atoms with E-state index in [9.17, 15) is 4.79 Å². The summed E-state index contributed by atoms with van der Waals surface area (Å²) < 4.78 is 5.85. The Hall–Kier alpha value is -0.410. The van der Waals surface area contributed by atoms with Gasteiger partial charge in [0.05, 0.1) is 5.60 Å². The lowest BCUT2D eigenvalue weighted by Crippen LogP contribution is -2.48. The van der Waals surface area contributed by atoms with Gasteiger partial charge in [0.15, 0.2) is 0 Å². The van der Waals surface area contributed by atoms with E-state index in [4.69, 9.17) is 4.74 Å². The Labute approximate surface area is 97.9 Å². The van der Waals surface area contributed by atoms with Crippen LogP contribution in [0.2, 0.25) is 0 Å². The lowest BCUT2D eigenvalue weighted by molar-refractivity contribution is -0.157. The van der Waals surface area contributed by atoms with Crippen LogP contribution in [0.15, 0.2) is 0 Å². The first-order valence-corrected chi connectivity index (χ1v) is 6.49. The predicted molar refractivity (Wildman–Crippen MR) is 63.4 cm³/mol. The molecule has 0 bridgehead atoms. The Morgan fingerprint density at radius 2 is 2.31 bits per heavy atom. The minimum absolute atomic E-state index is 0.0952. The number of hydrogen-bond acceptors (Lipinski definition) is 3. The molecule has 1 heterocycles. The van der Waals surface area contributed by atoms with Crippen LogP contribution in [0.5, 0.6) is 0 Å². The third kappa shape index (κ3) is 2.30. The summed E-state index contributed by atoms with van der Waals surface area (Å²) in [6.45, 7) is 3.60. The second kappa shape index (κ2) is 4.84. The van der Waals surface area contributed by atoms with Crippen LogP contribution in [0.25, 0.3) is 0 Å². The number of rotatable bonds is 4. The molecule has 1 N–H and O–H groups in total. The third-order valence-corrected chi connectivity index (χ3v) is 4.16. The maximum Gasteiger partial charge on any atom is 0.140 e. The fraction of sp³-hybridized carbons (Fsp3) is 0.923. The van der Waals surface area contributed by atoms with Crippen molar-refractivity contribution in [2.75, 3.05) is 20.2 Å². The lowest BCUT2D eigenvalue weighted by atomic mass is 9.70. The average molecular weight is 225 g/mol. The molecule has 1 aliphatic heterocycles. The van der Waals surface area contributed by atoms with Gasteiger partial charge in [-0.2, -0.15) is 0 Å². The molecule has 1 saturated heterocycles. The van der Waals surface area contributed by atoms with Gasteiger partial charge in [0.25, 0.3) is 0 Å². The van der Waals surface area contributed by atoms with E-state index >= 15 is 0 Å². The largest absolute Gasteiger partial charge is 0.375 e. The average Bonchev–Trinajstić information content (AvgIpc) is 2.26. The van der Waals surface area contributed by atoms with E-state index in [2.05, 4.69) is 5.32 Å². The molecule has 2 rings (SSSR count). The normalized spacial score (nSPS) is 29.8. The number of Topliss-reactive ketones (excluding diaryl/α,β-unsaturated/α-hetero) is 1. The maximum atomic E-state index is 12.2. The summed E-state index contributed by atoms with van der Waals surface area (Å²) in [5, 5.41) is 3.08. The maximum absolute atomic E-state index is 12.2. The van der Waals surface area contributed by atoms with Crippen LogP contribution in [0, 0.1) is 11.8 Å². The second-order valence-electron chi connectivity index (χ2n) is 5.44. The number of carbonyl (C=O) groups is 1. The van der Waals surface area contributed by atoms with E-state index in [1.54, 1.807) is 0 Å². The molecule has 3 nitrogen and oxygen atoms in total. The molecule has 2 unspecified atom stereocenters. The summed E-state index contributed by atoms with van der Waals surface area (Å²) in [5.41, 5.74) is 0.0952. The minimum Gasteiger partial charge on any atom is -0.375 e. The number of nitrogens with one attached hydrogen (secondary N) is 1. The highest BCUT2D eigenvalue weighted by Crippen LogP contribution is 2.44. The molecule has 2 fully saturated rings. The molecule has 92 valence electrons. The first-order valence-electron chi connectivity index (χ1n) is 6.49. The van der Waals surface area contributed by atoms with Crippen LogP contribution in [-0.2, 0) is 9.53 Å². The topological polar surface area (TPSA) is 38.3 Å². The van der Waals surface area contributed by atoms with Gasteiger partial charge < -0.3 is 10.1 Å². The molecule has 2 atom stereocenters. The first kappa shape index (κ1) is 12.1. The number of ether oxygens (including phenoxy) is 1. The monoisotopic (exact) mass is 225 g/mol. The van der Waals surface area contributed by atoms with Crippen molar-refractivity contribution in [1.29, 1.82) is 0 Å². The summed E-state index contributed by atoms with van der Waals surface area (Å²) in [4.78, 5) is 12.2. The van der Waals surface area contributed by atoms with Crippen LogP contribution in [0.4, 0.5) is 0 Å². The van der Waals surface area contributed by atoms with Crippen LogP contribution in [-0.4, -0.2) is 31.6 Å². The Balaban J connectivity index is 1.91. The molecule has 2 aliphatic rings. The van der Waals surface area contributed by atoms with E-state index in [1.807, 2.05) is 14.0 Å². The lowest BCUT2D eigenvalue weighted by Gasteiger charge is -2.47. The Morgan fingerprint density at radius 1 is 1.56 bits per heavy atom. The van der Waals surface area contributed by atoms with Crippen molar-refractivity contribution in [2.24, 2.45) is 11.8 Å². The molecule has 0 radical (unpaired) electrons. The first-order chi connectivity index (χ1) is 7.67. The fourth-order valence-corrected chi connectivity index (χ4v) is 3.00. The molecular formula is C13H23NO2. The zero-order valence-corrected chi connectivity index (χ0v) is 10.4. The number of carbonyl (C=O) groups excluding carboxylic acids is 1. The highest BCUT2D eigenvalue weighted by atomic mass is 16.5.